The molecule has 25 heavy (non-hydrogen) atoms. The minimum Gasteiger partial charge on any atom is -0.387 e. The molecule has 4 aromatic rings. The molecule has 0 aliphatic heterocycles. The molecule has 0 saturated carbocycles. The predicted molar refractivity (Wildman–Crippen MR) is 96.2 cm³/mol. The van der Waals surface area contributed by atoms with Crippen molar-refractivity contribution in [1.82, 2.24) is 19.6 Å². The molecule has 0 radical (unpaired) electrons. The number of benzene rings is 1. The van der Waals surface area contributed by atoms with Crippen LogP contribution < -0.4 is 5.76 Å². The van der Waals surface area contributed by atoms with Crippen molar-refractivity contribution in [3.63, 3.8) is 0 Å². The maximum Gasteiger partial charge on any atom is 0.437 e. The SMILES string of the molecule is Cc1cc(C)n(-c2ccc(Cn3nc(-c4cccs4)oc3=O)cc2)n1. The predicted octanol–water partition coefficient (Wildman–Crippen LogP) is 3.42. The third-order valence-corrected chi connectivity index (χ3v) is 4.72. The van der Waals surface area contributed by atoms with Crippen LogP contribution in [0.25, 0.3) is 16.5 Å². The zero-order chi connectivity index (χ0) is 17.4. The Hall–Kier alpha value is -2.93. The topological polar surface area (TPSA) is 65.8 Å². The van der Waals surface area contributed by atoms with Crippen molar-refractivity contribution in [2.75, 3.05) is 0 Å². The Labute approximate surface area is 148 Å². The Morgan fingerprint density at radius 3 is 2.56 bits per heavy atom. The largest absolute Gasteiger partial charge is 0.437 e. The summed E-state index contributed by atoms with van der Waals surface area (Å²) in [7, 11) is 0. The van der Waals surface area contributed by atoms with Crippen molar-refractivity contribution in [2.24, 2.45) is 0 Å². The van der Waals surface area contributed by atoms with Crippen LogP contribution in [0.15, 0.2) is 57.1 Å². The molecule has 0 bridgehead atoms. The molecule has 3 aromatic heterocycles. The Morgan fingerprint density at radius 2 is 1.92 bits per heavy atom. The van der Waals surface area contributed by atoms with E-state index in [2.05, 4.69) is 10.2 Å². The van der Waals surface area contributed by atoms with E-state index in [1.54, 1.807) is 0 Å². The number of aryl methyl sites for hydroxylation is 2. The molecule has 0 amide bonds. The number of aromatic nitrogens is 4. The summed E-state index contributed by atoms with van der Waals surface area (Å²) >= 11 is 1.49. The summed E-state index contributed by atoms with van der Waals surface area (Å²) in [6.07, 6.45) is 0. The van der Waals surface area contributed by atoms with Gasteiger partial charge in [-0.1, -0.05) is 18.2 Å². The van der Waals surface area contributed by atoms with Gasteiger partial charge in [0.25, 0.3) is 5.89 Å². The summed E-state index contributed by atoms with van der Waals surface area (Å²) in [6, 6.07) is 13.7. The van der Waals surface area contributed by atoms with E-state index in [0.717, 1.165) is 27.5 Å². The third kappa shape index (κ3) is 3.06. The van der Waals surface area contributed by atoms with Crippen LogP contribution in [0.4, 0.5) is 0 Å². The first kappa shape index (κ1) is 15.6. The van der Waals surface area contributed by atoms with Gasteiger partial charge >= 0.3 is 5.76 Å². The molecule has 126 valence electrons. The standard InChI is InChI=1S/C18H16N4O2S/c1-12-10-13(2)22(19-12)15-7-5-14(6-8-15)11-21-18(23)24-17(20-21)16-4-3-9-25-16/h3-10H,11H2,1-2H3. The molecular formula is C18H16N4O2S. The average molecular weight is 352 g/mol. The molecule has 4 rings (SSSR count). The smallest absolute Gasteiger partial charge is 0.387 e. The average Bonchev–Trinajstić information content (AvgIpc) is 3.30. The van der Waals surface area contributed by atoms with Crippen LogP contribution in [0.3, 0.4) is 0 Å². The molecule has 1 aromatic carbocycles. The molecule has 6 nitrogen and oxygen atoms in total. The summed E-state index contributed by atoms with van der Waals surface area (Å²) in [5.41, 5.74) is 4.02. The fourth-order valence-corrected chi connectivity index (χ4v) is 3.36. The maximum atomic E-state index is 12.0. The van der Waals surface area contributed by atoms with Crippen LogP contribution in [-0.2, 0) is 6.54 Å². The molecule has 0 aliphatic rings. The van der Waals surface area contributed by atoms with Crippen molar-refractivity contribution in [3.05, 3.63) is 75.3 Å². The zero-order valence-electron chi connectivity index (χ0n) is 13.8. The van der Waals surface area contributed by atoms with Gasteiger partial charge < -0.3 is 4.42 Å². The highest BCUT2D eigenvalue weighted by atomic mass is 32.1. The molecular weight excluding hydrogens is 336 g/mol. The first-order valence-electron chi connectivity index (χ1n) is 7.84. The molecule has 0 N–H and O–H groups in total. The molecule has 0 saturated heterocycles. The lowest BCUT2D eigenvalue weighted by Crippen LogP contribution is -2.16. The molecule has 0 unspecified atom stereocenters. The fraction of sp³-hybridized carbons (Fsp3) is 0.167. The van der Waals surface area contributed by atoms with E-state index in [9.17, 15) is 4.79 Å². The molecule has 0 aliphatic carbocycles. The van der Waals surface area contributed by atoms with Gasteiger partial charge in [0, 0.05) is 5.69 Å². The summed E-state index contributed by atoms with van der Waals surface area (Å²) in [6.45, 7) is 4.36. The van der Waals surface area contributed by atoms with Crippen LogP contribution in [0.2, 0.25) is 0 Å². The monoisotopic (exact) mass is 352 g/mol. The van der Waals surface area contributed by atoms with E-state index < -0.39 is 5.76 Å². The quantitative estimate of drug-likeness (QED) is 0.564. The number of hydrogen-bond acceptors (Lipinski definition) is 5. The molecule has 0 fully saturated rings. The van der Waals surface area contributed by atoms with Gasteiger partial charge in [0.2, 0.25) is 0 Å². The highest BCUT2D eigenvalue weighted by Gasteiger charge is 2.11. The molecule has 0 atom stereocenters. The van der Waals surface area contributed by atoms with E-state index in [0.29, 0.717) is 12.4 Å². The second kappa shape index (κ2) is 6.18. The molecule has 7 heteroatoms. The lowest BCUT2D eigenvalue weighted by Gasteiger charge is -2.06. The highest BCUT2D eigenvalue weighted by Crippen LogP contribution is 2.21. The number of rotatable bonds is 4. The fourth-order valence-electron chi connectivity index (χ4n) is 2.71. The normalized spacial score (nSPS) is 11.1. The van der Waals surface area contributed by atoms with Crippen molar-refractivity contribution in [2.45, 2.75) is 20.4 Å². The number of nitrogens with zero attached hydrogens (tertiary/aromatic N) is 4. The van der Waals surface area contributed by atoms with Gasteiger partial charge in [0.15, 0.2) is 0 Å². The zero-order valence-corrected chi connectivity index (χ0v) is 14.7. The van der Waals surface area contributed by atoms with E-state index in [-0.39, 0.29) is 0 Å². The Balaban J connectivity index is 1.58. The van der Waals surface area contributed by atoms with Crippen LogP contribution in [-0.4, -0.2) is 19.6 Å². The number of thiophene rings is 1. The van der Waals surface area contributed by atoms with Gasteiger partial charge in [0.1, 0.15) is 0 Å². The van der Waals surface area contributed by atoms with Gasteiger partial charge in [-0.15, -0.1) is 16.4 Å². The van der Waals surface area contributed by atoms with Gasteiger partial charge in [-0.3, -0.25) is 0 Å². The van der Waals surface area contributed by atoms with Gasteiger partial charge in [-0.2, -0.15) is 9.78 Å². The third-order valence-electron chi connectivity index (χ3n) is 3.86. The summed E-state index contributed by atoms with van der Waals surface area (Å²) in [5, 5.41) is 10.7. The summed E-state index contributed by atoms with van der Waals surface area (Å²) < 4.78 is 8.48. The van der Waals surface area contributed by atoms with E-state index >= 15 is 0 Å². The molecule has 0 spiro atoms. The minimum atomic E-state index is -0.453. The Morgan fingerprint density at radius 1 is 1.12 bits per heavy atom. The first-order chi connectivity index (χ1) is 12.1. The summed E-state index contributed by atoms with van der Waals surface area (Å²) in [5.74, 6) is -0.0923. The lowest BCUT2D eigenvalue weighted by molar-refractivity contribution is 0.495. The minimum absolute atomic E-state index is 0.360. The second-order valence-electron chi connectivity index (χ2n) is 5.81. The van der Waals surface area contributed by atoms with Crippen molar-refractivity contribution >= 4 is 11.3 Å². The van der Waals surface area contributed by atoms with Crippen molar-refractivity contribution < 1.29 is 4.42 Å². The van der Waals surface area contributed by atoms with Gasteiger partial charge in [-0.25, -0.2) is 9.48 Å². The van der Waals surface area contributed by atoms with Crippen LogP contribution >= 0.6 is 11.3 Å². The van der Waals surface area contributed by atoms with Crippen molar-refractivity contribution in [3.8, 4) is 16.5 Å². The van der Waals surface area contributed by atoms with Crippen LogP contribution in [0.1, 0.15) is 17.0 Å². The second-order valence-corrected chi connectivity index (χ2v) is 6.76. The first-order valence-corrected chi connectivity index (χ1v) is 8.72. The van der Waals surface area contributed by atoms with Gasteiger partial charge in [-0.05, 0) is 49.1 Å². The van der Waals surface area contributed by atoms with Crippen LogP contribution in [0.5, 0.6) is 0 Å². The molecule has 3 heterocycles. The maximum absolute atomic E-state index is 12.0. The van der Waals surface area contributed by atoms with E-state index in [4.69, 9.17) is 4.42 Å². The lowest BCUT2D eigenvalue weighted by atomic mass is 10.2. The number of hydrogen-bond donors (Lipinski definition) is 0. The summed E-state index contributed by atoms with van der Waals surface area (Å²) in [4.78, 5) is 12.8. The van der Waals surface area contributed by atoms with E-state index in [1.807, 2.05) is 66.4 Å². The highest BCUT2D eigenvalue weighted by molar-refractivity contribution is 7.13. The Kier molecular flexibility index (Phi) is 3.85. The van der Waals surface area contributed by atoms with Crippen molar-refractivity contribution in [1.29, 1.82) is 0 Å². The van der Waals surface area contributed by atoms with Gasteiger partial charge in [0.05, 0.1) is 22.8 Å². The Bertz CT molecular complexity index is 1060. The van der Waals surface area contributed by atoms with E-state index in [1.165, 1.54) is 16.0 Å². The van der Waals surface area contributed by atoms with Crippen LogP contribution in [0, 0.1) is 13.8 Å².